The predicted molar refractivity (Wildman–Crippen MR) is 78.9 cm³/mol. The van der Waals surface area contributed by atoms with Crippen molar-refractivity contribution in [3.8, 4) is 5.75 Å². The van der Waals surface area contributed by atoms with Gasteiger partial charge >= 0.3 is 0 Å². The minimum atomic E-state index is 0.674. The van der Waals surface area contributed by atoms with Crippen molar-refractivity contribution in [2.45, 2.75) is 33.2 Å². The van der Waals surface area contributed by atoms with Crippen molar-refractivity contribution in [1.29, 1.82) is 0 Å². The van der Waals surface area contributed by atoms with Gasteiger partial charge in [-0.15, -0.1) is 0 Å². The average molecular weight is 312 g/mol. The van der Waals surface area contributed by atoms with Gasteiger partial charge in [0.25, 0.3) is 0 Å². The second-order valence-corrected chi connectivity index (χ2v) is 6.36. The summed E-state index contributed by atoms with van der Waals surface area (Å²) in [7, 11) is 0. The van der Waals surface area contributed by atoms with Crippen LogP contribution >= 0.6 is 15.9 Å². The molecule has 0 bridgehead atoms. The highest BCUT2D eigenvalue weighted by Gasteiger charge is 2.22. The molecule has 2 rings (SSSR count). The third kappa shape index (κ3) is 4.29. The molecule has 0 heterocycles. The largest absolute Gasteiger partial charge is 0.492 e. The summed E-state index contributed by atoms with van der Waals surface area (Å²) in [6.07, 6.45) is 2.65. The number of ether oxygens (including phenoxy) is 1. The van der Waals surface area contributed by atoms with Gasteiger partial charge in [0.05, 0.1) is 11.1 Å². The van der Waals surface area contributed by atoms with E-state index in [9.17, 15) is 0 Å². The summed E-state index contributed by atoms with van der Waals surface area (Å²) in [5.74, 6) is 2.47. The number of nitrogens with one attached hydrogen (secondary N) is 1. The van der Waals surface area contributed by atoms with E-state index in [1.807, 2.05) is 6.07 Å². The maximum absolute atomic E-state index is 5.96. The number of hydrogen-bond donors (Lipinski definition) is 1. The van der Waals surface area contributed by atoms with Crippen molar-refractivity contribution in [3.05, 3.63) is 28.2 Å². The highest BCUT2D eigenvalue weighted by Crippen LogP contribution is 2.33. The molecule has 0 amide bonds. The molecule has 1 aromatic carbocycles. The molecule has 0 aromatic heterocycles. The van der Waals surface area contributed by atoms with E-state index in [0.29, 0.717) is 5.92 Å². The third-order valence-electron chi connectivity index (χ3n) is 3.08. The van der Waals surface area contributed by atoms with E-state index in [1.165, 1.54) is 18.4 Å². The molecular formula is C15H22BrNO. The highest BCUT2D eigenvalue weighted by atomic mass is 79.9. The molecule has 1 aromatic rings. The lowest BCUT2D eigenvalue weighted by atomic mass is 10.2. The van der Waals surface area contributed by atoms with Crippen LogP contribution in [-0.2, 0) is 6.54 Å². The fraction of sp³-hybridized carbons (Fsp3) is 0.600. The van der Waals surface area contributed by atoms with Crippen molar-refractivity contribution >= 4 is 15.9 Å². The molecule has 0 atom stereocenters. The highest BCUT2D eigenvalue weighted by molar-refractivity contribution is 9.10. The molecule has 0 saturated heterocycles. The Hall–Kier alpha value is -0.540. The molecule has 0 aliphatic heterocycles. The maximum atomic E-state index is 5.96. The van der Waals surface area contributed by atoms with Crippen LogP contribution in [0.15, 0.2) is 22.7 Å². The van der Waals surface area contributed by atoms with Gasteiger partial charge in [-0.25, -0.2) is 0 Å². The predicted octanol–water partition coefficient (Wildman–Crippen LogP) is 3.98. The third-order valence-corrected chi connectivity index (χ3v) is 3.70. The first-order valence-corrected chi connectivity index (χ1v) is 7.57. The van der Waals surface area contributed by atoms with Crippen molar-refractivity contribution in [2.75, 3.05) is 13.2 Å². The van der Waals surface area contributed by atoms with Crippen LogP contribution < -0.4 is 10.1 Å². The minimum absolute atomic E-state index is 0.674. The van der Waals surface area contributed by atoms with Gasteiger partial charge in [0.1, 0.15) is 5.75 Å². The van der Waals surface area contributed by atoms with E-state index in [0.717, 1.165) is 35.8 Å². The summed E-state index contributed by atoms with van der Waals surface area (Å²) < 4.78 is 7.02. The fourth-order valence-electron chi connectivity index (χ4n) is 1.84. The molecular weight excluding hydrogens is 290 g/mol. The minimum Gasteiger partial charge on any atom is -0.492 e. The van der Waals surface area contributed by atoms with Crippen molar-refractivity contribution in [1.82, 2.24) is 5.32 Å². The van der Waals surface area contributed by atoms with E-state index < -0.39 is 0 Å². The zero-order valence-electron chi connectivity index (χ0n) is 11.2. The lowest BCUT2D eigenvalue weighted by Crippen LogP contribution is -2.19. The molecule has 2 nitrogen and oxygen atoms in total. The van der Waals surface area contributed by atoms with E-state index in [1.54, 1.807) is 0 Å². The molecule has 1 aliphatic rings. The summed E-state index contributed by atoms with van der Waals surface area (Å²) >= 11 is 3.59. The van der Waals surface area contributed by atoms with Crippen LogP contribution in [0, 0.1) is 11.8 Å². The normalized spacial score (nSPS) is 15.1. The van der Waals surface area contributed by atoms with Crippen LogP contribution in [0.1, 0.15) is 32.3 Å². The van der Waals surface area contributed by atoms with Gasteiger partial charge in [0.2, 0.25) is 0 Å². The molecule has 1 fully saturated rings. The zero-order chi connectivity index (χ0) is 13.0. The molecule has 0 radical (unpaired) electrons. The zero-order valence-corrected chi connectivity index (χ0v) is 12.8. The Bertz CT molecular complexity index is 388. The summed E-state index contributed by atoms with van der Waals surface area (Å²) in [6, 6.07) is 6.26. The van der Waals surface area contributed by atoms with Gasteiger partial charge < -0.3 is 10.1 Å². The van der Waals surface area contributed by atoms with Gasteiger partial charge in [-0.2, -0.15) is 0 Å². The summed E-state index contributed by atoms with van der Waals surface area (Å²) in [4.78, 5) is 0. The number of para-hydroxylation sites is 1. The first kappa shape index (κ1) is 13.9. The van der Waals surface area contributed by atoms with Crippen molar-refractivity contribution < 1.29 is 4.74 Å². The molecule has 3 heteroatoms. The van der Waals surface area contributed by atoms with Crippen molar-refractivity contribution in [3.63, 3.8) is 0 Å². The lowest BCUT2D eigenvalue weighted by molar-refractivity contribution is 0.294. The quantitative estimate of drug-likeness (QED) is 0.822. The summed E-state index contributed by atoms with van der Waals surface area (Å²) in [5, 5.41) is 3.47. The molecule has 1 saturated carbocycles. The Morgan fingerprint density at radius 3 is 2.83 bits per heavy atom. The average Bonchev–Trinajstić information content (AvgIpc) is 3.11. The van der Waals surface area contributed by atoms with Gasteiger partial charge in [-0.1, -0.05) is 26.0 Å². The Balaban J connectivity index is 1.95. The Labute approximate surface area is 118 Å². The van der Waals surface area contributed by atoms with Crippen LogP contribution in [0.4, 0.5) is 0 Å². The topological polar surface area (TPSA) is 21.3 Å². The maximum Gasteiger partial charge on any atom is 0.137 e. The van der Waals surface area contributed by atoms with Crippen LogP contribution in [0.25, 0.3) is 0 Å². The molecule has 0 spiro atoms. The van der Waals surface area contributed by atoms with E-state index in [-0.39, 0.29) is 0 Å². The van der Waals surface area contributed by atoms with Gasteiger partial charge in [0, 0.05) is 12.1 Å². The SMILES string of the molecule is CC(C)CNCc1cccc(Br)c1OCC1CC1. The number of benzene rings is 1. The number of hydrogen-bond acceptors (Lipinski definition) is 2. The Kier molecular flexibility index (Phi) is 5.07. The van der Waals surface area contributed by atoms with Crippen molar-refractivity contribution in [2.24, 2.45) is 11.8 Å². The van der Waals surface area contributed by atoms with Crippen LogP contribution in [0.3, 0.4) is 0 Å². The first-order chi connectivity index (χ1) is 8.66. The van der Waals surface area contributed by atoms with E-state index in [4.69, 9.17) is 4.74 Å². The molecule has 100 valence electrons. The van der Waals surface area contributed by atoms with Gasteiger partial charge in [-0.05, 0) is 53.2 Å². The lowest BCUT2D eigenvalue weighted by Gasteiger charge is -2.14. The second-order valence-electron chi connectivity index (χ2n) is 5.51. The molecule has 1 N–H and O–H groups in total. The monoisotopic (exact) mass is 311 g/mol. The first-order valence-electron chi connectivity index (χ1n) is 6.77. The number of rotatable bonds is 7. The smallest absolute Gasteiger partial charge is 0.137 e. The van der Waals surface area contributed by atoms with E-state index >= 15 is 0 Å². The molecule has 0 unspecified atom stereocenters. The summed E-state index contributed by atoms with van der Waals surface area (Å²) in [6.45, 7) is 7.21. The molecule has 1 aliphatic carbocycles. The second kappa shape index (κ2) is 6.58. The summed E-state index contributed by atoms with van der Waals surface area (Å²) in [5.41, 5.74) is 1.24. The molecule has 18 heavy (non-hydrogen) atoms. The standard InChI is InChI=1S/C15H22BrNO/c1-11(2)8-17-9-13-4-3-5-14(16)15(13)18-10-12-6-7-12/h3-5,11-12,17H,6-10H2,1-2H3. The van der Waals surface area contributed by atoms with Gasteiger partial charge in [0.15, 0.2) is 0 Å². The van der Waals surface area contributed by atoms with Crippen LogP contribution in [-0.4, -0.2) is 13.2 Å². The Morgan fingerprint density at radius 1 is 1.39 bits per heavy atom. The fourth-order valence-corrected chi connectivity index (χ4v) is 2.36. The number of halogens is 1. The van der Waals surface area contributed by atoms with E-state index in [2.05, 4.69) is 47.2 Å². The van der Waals surface area contributed by atoms with Crippen LogP contribution in [0.5, 0.6) is 5.75 Å². The van der Waals surface area contributed by atoms with Gasteiger partial charge in [-0.3, -0.25) is 0 Å². The Morgan fingerprint density at radius 2 is 2.17 bits per heavy atom. The van der Waals surface area contributed by atoms with Crippen LogP contribution in [0.2, 0.25) is 0 Å².